The Kier molecular flexibility index (Phi) is 2.94. The normalized spacial score (nSPS) is 31.3. The van der Waals surface area contributed by atoms with Crippen molar-refractivity contribution in [3.05, 3.63) is 30.3 Å². The lowest BCUT2D eigenvalue weighted by Gasteiger charge is -2.36. The van der Waals surface area contributed by atoms with Crippen LogP contribution in [0.1, 0.15) is 27.2 Å². The number of carbonyl (C=O) groups excluding carboxylic acids is 1. The molecule has 0 radical (unpaired) electrons. The van der Waals surface area contributed by atoms with Crippen LogP contribution in [0.25, 0.3) is 0 Å². The van der Waals surface area contributed by atoms with E-state index in [2.05, 4.69) is 5.43 Å². The predicted molar refractivity (Wildman–Crippen MR) is 67.7 cm³/mol. The highest BCUT2D eigenvalue weighted by atomic mass is 16.6. The van der Waals surface area contributed by atoms with Crippen molar-refractivity contribution in [3.8, 4) is 0 Å². The van der Waals surface area contributed by atoms with E-state index in [4.69, 9.17) is 4.74 Å². The van der Waals surface area contributed by atoms with Gasteiger partial charge in [-0.25, -0.2) is 4.79 Å². The number of aliphatic hydroxyl groups is 1. The van der Waals surface area contributed by atoms with E-state index in [-0.39, 0.29) is 0 Å². The van der Waals surface area contributed by atoms with Crippen LogP contribution in [0.15, 0.2) is 30.3 Å². The number of anilines is 1. The number of nitrogens with zero attached hydrogens (tertiary/aromatic N) is 1. The van der Waals surface area contributed by atoms with E-state index in [0.29, 0.717) is 6.42 Å². The second-order valence-corrected chi connectivity index (χ2v) is 4.79. The van der Waals surface area contributed by atoms with Gasteiger partial charge in [0.1, 0.15) is 0 Å². The molecule has 1 aliphatic rings. The van der Waals surface area contributed by atoms with E-state index >= 15 is 0 Å². The molecule has 1 saturated heterocycles. The molecule has 2 atom stereocenters. The van der Waals surface area contributed by atoms with Gasteiger partial charge in [-0.05, 0) is 32.4 Å². The lowest BCUT2D eigenvalue weighted by molar-refractivity contribution is -0.131. The third-order valence-electron chi connectivity index (χ3n) is 3.62. The van der Waals surface area contributed by atoms with E-state index in [0.717, 1.165) is 10.7 Å². The first kappa shape index (κ1) is 12.7. The monoisotopic (exact) mass is 250 g/mol. The van der Waals surface area contributed by atoms with E-state index in [1.54, 1.807) is 13.8 Å². The molecule has 0 aromatic heterocycles. The van der Waals surface area contributed by atoms with Crippen LogP contribution in [0, 0.1) is 0 Å². The lowest BCUT2D eigenvalue weighted by Crippen LogP contribution is -2.56. The van der Waals surface area contributed by atoms with E-state index in [9.17, 15) is 9.90 Å². The molecule has 0 saturated carbocycles. The summed E-state index contributed by atoms with van der Waals surface area (Å²) in [6.45, 7) is 5.16. The molecule has 0 bridgehead atoms. The molecule has 0 aliphatic carbocycles. The Morgan fingerprint density at radius 1 is 1.33 bits per heavy atom. The maximum absolute atomic E-state index is 11.8. The van der Waals surface area contributed by atoms with Crippen molar-refractivity contribution in [2.45, 2.75) is 38.5 Å². The van der Waals surface area contributed by atoms with E-state index < -0.39 is 17.4 Å². The summed E-state index contributed by atoms with van der Waals surface area (Å²) in [5.74, 6) is 0. The van der Waals surface area contributed by atoms with Gasteiger partial charge in [0, 0.05) is 0 Å². The molecule has 1 aromatic carbocycles. The van der Waals surface area contributed by atoms with Gasteiger partial charge < -0.3 is 9.84 Å². The minimum atomic E-state index is -1.41. The summed E-state index contributed by atoms with van der Waals surface area (Å²) in [5, 5.41) is 11.7. The van der Waals surface area contributed by atoms with Crippen molar-refractivity contribution < 1.29 is 14.6 Å². The SMILES string of the molecule is CC[C@@]1(C)OC(=O)N(Nc2ccccc2)[C@]1(C)O. The largest absolute Gasteiger partial charge is 0.437 e. The van der Waals surface area contributed by atoms with Gasteiger partial charge in [-0.2, -0.15) is 5.01 Å². The number of rotatable bonds is 3. The summed E-state index contributed by atoms with van der Waals surface area (Å²) >= 11 is 0. The number of hydrogen-bond donors (Lipinski definition) is 2. The van der Waals surface area contributed by atoms with Gasteiger partial charge in [-0.3, -0.25) is 5.43 Å². The van der Waals surface area contributed by atoms with Crippen molar-refractivity contribution in [1.29, 1.82) is 0 Å². The van der Waals surface area contributed by atoms with Crippen molar-refractivity contribution in [3.63, 3.8) is 0 Å². The number of amides is 1. The Morgan fingerprint density at radius 3 is 2.44 bits per heavy atom. The molecule has 1 aromatic rings. The summed E-state index contributed by atoms with van der Waals surface area (Å²) in [6.07, 6.45) is -0.0492. The van der Waals surface area contributed by atoms with Crippen LogP contribution < -0.4 is 5.43 Å². The minimum Gasteiger partial charge on any atom is -0.437 e. The fourth-order valence-electron chi connectivity index (χ4n) is 1.95. The average molecular weight is 250 g/mol. The number of hydrogen-bond acceptors (Lipinski definition) is 4. The Bertz CT molecular complexity index is 447. The van der Waals surface area contributed by atoms with E-state index in [1.807, 2.05) is 37.3 Å². The molecule has 2 rings (SSSR count). The third-order valence-corrected chi connectivity index (χ3v) is 3.62. The molecule has 0 unspecified atom stereocenters. The molecule has 0 spiro atoms. The number of cyclic esters (lactones) is 1. The highest BCUT2D eigenvalue weighted by Gasteiger charge is 2.59. The van der Waals surface area contributed by atoms with Crippen LogP contribution in [0.4, 0.5) is 10.5 Å². The smallest absolute Gasteiger partial charge is 0.432 e. The highest BCUT2D eigenvalue weighted by Crippen LogP contribution is 2.39. The first-order valence-corrected chi connectivity index (χ1v) is 5.98. The molecule has 18 heavy (non-hydrogen) atoms. The Hall–Kier alpha value is -1.75. The molecule has 1 amide bonds. The standard InChI is InChI=1S/C13H18N2O3/c1-4-12(2)13(3,17)15(11(16)18-12)14-10-8-6-5-7-9-10/h5-9,14,17H,4H2,1-3H3/t12-,13-/m1/s1. The van der Waals surface area contributed by atoms with Gasteiger partial charge in [0.15, 0.2) is 11.3 Å². The Balaban J connectivity index is 2.26. The summed E-state index contributed by atoms with van der Waals surface area (Å²) in [7, 11) is 0. The van der Waals surface area contributed by atoms with Crippen LogP contribution in [0.5, 0.6) is 0 Å². The van der Waals surface area contributed by atoms with Crippen molar-refractivity contribution in [2.75, 3.05) is 5.43 Å². The Labute approximate surface area is 106 Å². The number of benzene rings is 1. The summed E-state index contributed by atoms with van der Waals surface area (Å²) in [6, 6.07) is 9.19. The van der Waals surface area contributed by atoms with Gasteiger partial charge in [0.25, 0.3) is 0 Å². The third kappa shape index (κ3) is 1.80. The second-order valence-electron chi connectivity index (χ2n) is 4.79. The number of hydrazine groups is 1. The molecule has 1 fully saturated rings. The maximum atomic E-state index is 11.8. The lowest BCUT2D eigenvalue weighted by atomic mass is 9.91. The van der Waals surface area contributed by atoms with Crippen LogP contribution in [-0.2, 0) is 4.74 Å². The number of ether oxygens (including phenoxy) is 1. The van der Waals surface area contributed by atoms with Crippen molar-refractivity contribution in [2.24, 2.45) is 0 Å². The summed E-state index contributed by atoms with van der Waals surface area (Å²) < 4.78 is 5.27. The summed E-state index contributed by atoms with van der Waals surface area (Å²) in [4.78, 5) is 11.8. The van der Waals surface area contributed by atoms with Gasteiger partial charge in [-0.1, -0.05) is 25.1 Å². The molecular formula is C13H18N2O3. The number of carbonyl (C=O) groups is 1. The quantitative estimate of drug-likeness (QED) is 0.864. The van der Waals surface area contributed by atoms with Crippen molar-refractivity contribution >= 4 is 11.8 Å². The molecule has 1 heterocycles. The molecule has 98 valence electrons. The van der Waals surface area contributed by atoms with E-state index in [1.165, 1.54) is 0 Å². The maximum Gasteiger partial charge on any atom is 0.432 e. The number of nitrogens with one attached hydrogen (secondary N) is 1. The minimum absolute atomic E-state index is 0.526. The fourth-order valence-corrected chi connectivity index (χ4v) is 1.95. The number of para-hydroxylation sites is 1. The molecule has 2 N–H and O–H groups in total. The molecule has 1 aliphatic heterocycles. The first-order chi connectivity index (χ1) is 8.40. The van der Waals surface area contributed by atoms with Gasteiger partial charge >= 0.3 is 6.09 Å². The van der Waals surface area contributed by atoms with Gasteiger partial charge in [-0.15, -0.1) is 0 Å². The zero-order valence-corrected chi connectivity index (χ0v) is 10.8. The summed E-state index contributed by atoms with van der Waals surface area (Å²) in [5.41, 5.74) is 1.26. The zero-order chi connectivity index (χ0) is 13.4. The van der Waals surface area contributed by atoms with Crippen LogP contribution in [0.3, 0.4) is 0 Å². The van der Waals surface area contributed by atoms with Crippen LogP contribution >= 0.6 is 0 Å². The average Bonchev–Trinajstić information content (AvgIpc) is 2.51. The molecule has 5 heteroatoms. The van der Waals surface area contributed by atoms with Gasteiger partial charge in [0.05, 0.1) is 5.69 Å². The van der Waals surface area contributed by atoms with Crippen LogP contribution in [0.2, 0.25) is 0 Å². The first-order valence-electron chi connectivity index (χ1n) is 5.98. The van der Waals surface area contributed by atoms with Crippen molar-refractivity contribution in [1.82, 2.24) is 5.01 Å². The van der Waals surface area contributed by atoms with Gasteiger partial charge in [0.2, 0.25) is 0 Å². The highest BCUT2D eigenvalue weighted by molar-refractivity contribution is 5.74. The second kappa shape index (κ2) is 4.17. The topological polar surface area (TPSA) is 61.8 Å². The fraction of sp³-hybridized carbons (Fsp3) is 0.462. The predicted octanol–water partition coefficient (Wildman–Crippen LogP) is 2.34. The molecule has 5 nitrogen and oxygen atoms in total. The zero-order valence-electron chi connectivity index (χ0n) is 10.8. The Morgan fingerprint density at radius 2 is 1.94 bits per heavy atom. The van der Waals surface area contributed by atoms with Crippen LogP contribution in [-0.4, -0.2) is 27.5 Å². The molecular weight excluding hydrogens is 232 g/mol.